The highest BCUT2D eigenvalue weighted by Crippen LogP contribution is 2.42. The van der Waals surface area contributed by atoms with Crippen LogP contribution in [0.5, 0.6) is 17.2 Å². The number of phenols is 1. The first kappa shape index (κ1) is 25.7. The fraction of sp³-hybridized carbons (Fsp3) is 0.161. The van der Waals surface area contributed by atoms with E-state index in [1.807, 2.05) is 31.2 Å². The van der Waals surface area contributed by atoms with Gasteiger partial charge in [0.25, 0.3) is 11.7 Å². The molecule has 1 atom stereocenters. The van der Waals surface area contributed by atoms with Gasteiger partial charge in [0.05, 0.1) is 31.5 Å². The number of nitrogens with zero attached hydrogens (tertiary/aromatic N) is 1. The van der Waals surface area contributed by atoms with Gasteiger partial charge in [0, 0.05) is 5.56 Å². The van der Waals surface area contributed by atoms with Gasteiger partial charge in [-0.15, -0.1) is 0 Å². The van der Waals surface area contributed by atoms with E-state index in [1.165, 1.54) is 30.4 Å². The van der Waals surface area contributed by atoms with Crippen molar-refractivity contribution in [3.8, 4) is 17.2 Å². The van der Waals surface area contributed by atoms with Crippen LogP contribution in [-0.4, -0.2) is 33.9 Å². The highest BCUT2D eigenvalue weighted by atomic mass is 16.5. The van der Waals surface area contributed by atoms with Gasteiger partial charge in [0.1, 0.15) is 23.9 Å². The van der Waals surface area contributed by atoms with E-state index in [0.29, 0.717) is 29.2 Å². The Morgan fingerprint density at radius 3 is 2.49 bits per heavy atom. The molecule has 2 heterocycles. The van der Waals surface area contributed by atoms with Gasteiger partial charge in [-0.3, -0.25) is 9.59 Å². The highest BCUT2D eigenvalue weighted by Gasteiger charge is 2.46. The summed E-state index contributed by atoms with van der Waals surface area (Å²) in [4.78, 5) is 27.8. The number of benzene rings is 3. The molecule has 1 aliphatic heterocycles. The molecule has 1 aromatic heterocycles. The zero-order chi connectivity index (χ0) is 27.5. The van der Waals surface area contributed by atoms with Gasteiger partial charge in [-0.2, -0.15) is 0 Å². The zero-order valence-corrected chi connectivity index (χ0v) is 21.5. The molecule has 2 N–H and O–H groups in total. The summed E-state index contributed by atoms with van der Waals surface area (Å²) in [5.74, 6) is -0.776. The number of rotatable bonds is 8. The molecule has 8 heteroatoms. The number of methoxy groups -OCH3 is 1. The van der Waals surface area contributed by atoms with Crippen LogP contribution in [0.3, 0.4) is 0 Å². The van der Waals surface area contributed by atoms with Gasteiger partial charge in [-0.05, 0) is 66.6 Å². The van der Waals surface area contributed by atoms with E-state index in [0.717, 1.165) is 11.1 Å². The average molecular weight is 526 g/mol. The summed E-state index contributed by atoms with van der Waals surface area (Å²) in [5.41, 5.74) is 2.93. The van der Waals surface area contributed by atoms with E-state index in [-0.39, 0.29) is 29.4 Å². The number of aryl methyl sites for hydroxylation is 1. The minimum absolute atomic E-state index is 0.00789. The lowest BCUT2D eigenvalue weighted by Crippen LogP contribution is -2.29. The number of carbonyl (C=O) groups is 2. The minimum Gasteiger partial charge on any atom is -0.507 e. The van der Waals surface area contributed by atoms with Crippen molar-refractivity contribution in [2.45, 2.75) is 26.1 Å². The first-order valence-electron chi connectivity index (χ1n) is 12.3. The number of hydrogen-bond donors (Lipinski definition) is 2. The van der Waals surface area contributed by atoms with Gasteiger partial charge in [-0.25, -0.2) is 0 Å². The van der Waals surface area contributed by atoms with Crippen molar-refractivity contribution in [3.05, 3.63) is 119 Å². The molecule has 3 aromatic carbocycles. The number of hydrogen-bond acceptors (Lipinski definition) is 7. The maximum Gasteiger partial charge on any atom is 0.296 e. The third-order valence-electron chi connectivity index (χ3n) is 6.58. The molecular weight excluding hydrogens is 498 g/mol. The second kappa shape index (κ2) is 10.8. The van der Waals surface area contributed by atoms with Gasteiger partial charge in [-0.1, -0.05) is 35.9 Å². The second-order valence-corrected chi connectivity index (χ2v) is 9.24. The molecule has 0 bridgehead atoms. The van der Waals surface area contributed by atoms with Crippen LogP contribution in [0.2, 0.25) is 0 Å². The predicted octanol–water partition coefficient (Wildman–Crippen LogP) is 5.50. The van der Waals surface area contributed by atoms with Crippen LogP contribution in [0.1, 0.15) is 34.1 Å². The van der Waals surface area contributed by atoms with E-state index >= 15 is 0 Å². The van der Waals surface area contributed by atoms with Crippen molar-refractivity contribution in [2.75, 3.05) is 7.11 Å². The fourth-order valence-electron chi connectivity index (χ4n) is 4.66. The van der Waals surface area contributed by atoms with Gasteiger partial charge < -0.3 is 29.0 Å². The number of aromatic hydroxyl groups is 1. The van der Waals surface area contributed by atoms with Gasteiger partial charge in [0.2, 0.25) is 0 Å². The van der Waals surface area contributed by atoms with Crippen LogP contribution in [-0.2, 0) is 22.7 Å². The lowest BCUT2D eigenvalue weighted by Gasteiger charge is -2.25. The van der Waals surface area contributed by atoms with Crippen LogP contribution >= 0.6 is 0 Å². The first-order chi connectivity index (χ1) is 18.9. The number of furan rings is 1. The average Bonchev–Trinajstić information content (AvgIpc) is 3.55. The topological polar surface area (TPSA) is 109 Å². The molecule has 1 aliphatic rings. The third-order valence-corrected chi connectivity index (χ3v) is 6.58. The lowest BCUT2D eigenvalue weighted by atomic mass is 9.95. The van der Waals surface area contributed by atoms with Crippen molar-refractivity contribution < 1.29 is 33.7 Å². The standard InChI is InChI=1S/C31H27NO7/c1-19-5-3-6-20(15-19)18-39-23-11-8-21(9-12-23)29(34)27-28(22-10-13-25(33)26(16-22)37-2)32(31(36)30(27)35)17-24-7-4-14-38-24/h3-16,28,33-34H,17-18H2,1-2H3/b29-27+/t28-/m0/s1. The number of phenolic OH excluding ortho intramolecular Hbond substituents is 1. The Kier molecular flexibility index (Phi) is 7.10. The summed E-state index contributed by atoms with van der Waals surface area (Å²) in [6.45, 7) is 2.41. The van der Waals surface area contributed by atoms with Crippen molar-refractivity contribution in [1.82, 2.24) is 4.90 Å². The molecule has 1 saturated heterocycles. The van der Waals surface area contributed by atoms with Crippen molar-refractivity contribution in [1.29, 1.82) is 0 Å². The largest absolute Gasteiger partial charge is 0.507 e. The molecule has 198 valence electrons. The Balaban J connectivity index is 1.49. The molecule has 39 heavy (non-hydrogen) atoms. The molecule has 0 spiro atoms. The summed E-state index contributed by atoms with van der Waals surface area (Å²) < 4.78 is 16.5. The quantitative estimate of drug-likeness (QED) is 0.178. The van der Waals surface area contributed by atoms with Crippen LogP contribution in [0.4, 0.5) is 0 Å². The number of Topliss-reactive ketones (excluding diaryl/α,β-unsaturated/α-hetero) is 1. The number of aliphatic hydroxyl groups is 1. The molecule has 5 rings (SSSR count). The molecule has 4 aromatic rings. The summed E-state index contributed by atoms with van der Waals surface area (Å²) in [6, 6.07) is 21.6. The zero-order valence-electron chi connectivity index (χ0n) is 21.5. The Bertz CT molecular complexity index is 1540. The maximum absolute atomic E-state index is 13.3. The Hall–Kier alpha value is -4.98. The predicted molar refractivity (Wildman–Crippen MR) is 143 cm³/mol. The van der Waals surface area contributed by atoms with E-state index in [4.69, 9.17) is 13.9 Å². The molecule has 1 amide bonds. The lowest BCUT2D eigenvalue weighted by molar-refractivity contribution is -0.140. The Labute approximate surface area is 225 Å². The molecule has 0 aliphatic carbocycles. The summed E-state index contributed by atoms with van der Waals surface area (Å²) in [5, 5.41) is 21.4. The first-order valence-corrected chi connectivity index (χ1v) is 12.3. The molecular formula is C31H27NO7. The Morgan fingerprint density at radius 1 is 1.00 bits per heavy atom. The fourth-order valence-corrected chi connectivity index (χ4v) is 4.66. The van der Waals surface area contributed by atoms with Crippen molar-refractivity contribution in [2.24, 2.45) is 0 Å². The molecule has 8 nitrogen and oxygen atoms in total. The Morgan fingerprint density at radius 2 is 1.79 bits per heavy atom. The highest BCUT2D eigenvalue weighted by molar-refractivity contribution is 6.46. The van der Waals surface area contributed by atoms with Crippen LogP contribution in [0.25, 0.3) is 5.76 Å². The monoisotopic (exact) mass is 525 g/mol. The summed E-state index contributed by atoms with van der Waals surface area (Å²) in [6.07, 6.45) is 1.48. The second-order valence-electron chi connectivity index (χ2n) is 9.24. The van der Waals surface area contributed by atoms with E-state index in [2.05, 4.69) is 0 Å². The number of likely N-dealkylation sites (tertiary alicyclic amines) is 1. The van der Waals surface area contributed by atoms with Crippen molar-refractivity contribution >= 4 is 17.4 Å². The number of carbonyl (C=O) groups excluding carboxylic acids is 2. The molecule has 0 unspecified atom stereocenters. The maximum atomic E-state index is 13.3. The smallest absolute Gasteiger partial charge is 0.296 e. The number of aliphatic hydroxyl groups excluding tert-OH is 1. The van der Waals surface area contributed by atoms with Gasteiger partial charge >= 0.3 is 0 Å². The number of amides is 1. The normalized spacial score (nSPS) is 16.5. The van der Waals surface area contributed by atoms with Crippen LogP contribution in [0, 0.1) is 6.92 Å². The van der Waals surface area contributed by atoms with E-state index in [1.54, 1.807) is 42.5 Å². The van der Waals surface area contributed by atoms with Gasteiger partial charge in [0.15, 0.2) is 11.5 Å². The SMILES string of the molecule is COc1cc([C@H]2/C(=C(\O)c3ccc(OCc4cccc(C)c4)cc3)C(=O)C(=O)N2Cc2ccco2)ccc1O. The minimum atomic E-state index is -0.943. The number of ketones is 1. The van der Waals surface area contributed by atoms with Crippen LogP contribution < -0.4 is 9.47 Å². The summed E-state index contributed by atoms with van der Waals surface area (Å²) >= 11 is 0. The van der Waals surface area contributed by atoms with Crippen LogP contribution in [0.15, 0.2) is 95.1 Å². The molecule has 0 radical (unpaired) electrons. The molecule has 1 fully saturated rings. The third kappa shape index (κ3) is 5.22. The summed E-state index contributed by atoms with van der Waals surface area (Å²) in [7, 11) is 1.40. The number of ether oxygens (including phenoxy) is 2. The molecule has 0 saturated carbocycles. The van der Waals surface area contributed by atoms with Crippen molar-refractivity contribution in [3.63, 3.8) is 0 Å². The van der Waals surface area contributed by atoms with E-state index < -0.39 is 17.7 Å². The van der Waals surface area contributed by atoms with E-state index in [9.17, 15) is 19.8 Å².